The molecule has 0 aromatic carbocycles. The van der Waals surface area contributed by atoms with Crippen LogP contribution in [-0.4, -0.2) is 50.1 Å². The van der Waals surface area contributed by atoms with E-state index in [1.54, 1.807) is 12.1 Å². The highest BCUT2D eigenvalue weighted by molar-refractivity contribution is 9.10. The molecule has 1 aromatic rings. The molecule has 18 heavy (non-hydrogen) atoms. The number of nitrogens with one attached hydrogen (secondary N) is 2. The van der Waals surface area contributed by atoms with Crippen LogP contribution in [0.5, 0.6) is 0 Å². The number of amides is 1. The van der Waals surface area contributed by atoms with Gasteiger partial charge in [0.1, 0.15) is 0 Å². The molecule has 0 spiro atoms. The third-order valence-electron chi connectivity index (χ3n) is 2.72. The van der Waals surface area contributed by atoms with Crippen molar-refractivity contribution in [2.45, 2.75) is 0 Å². The fourth-order valence-electron chi connectivity index (χ4n) is 1.79. The van der Waals surface area contributed by atoms with E-state index in [1.165, 1.54) is 0 Å². The van der Waals surface area contributed by atoms with Crippen molar-refractivity contribution in [2.75, 3.05) is 39.3 Å². The second-order valence-electron chi connectivity index (χ2n) is 3.95. The van der Waals surface area contributed by atoms with E-state index in [0.717, 1.165) is 32.7 Å². The minimum atomic E-state index is -0.161. The average Bonchev–Trinajstić information content (AvgIpc) is 2.77. The summed E-state index contributed by atoms with van der Waals surface area (Å²) >= 11 is 3.17. The lowest BCUT2D eigenvalue weighted by molar-refractivity contribution is 0.0918. The van der Waals surface area contributed by atoms with Crippen molar-refractivity contribution in [3.63, 3.8) is 0 Å². The number of halogens is 2. The van der Waals surface area contributed by atoms with Crippen LogP contribution in [0, 0.1) is 0 Å². The van der Waals surface area contributed by atoms with Gasteiger partial charge < -0.3 is 15.1 Å². The number of hydrogen-bond acceptors (Lipinski definition) is 4. The molecule has 7 heteroatoms. The molecule has 1 aromatic heterocycles. The quantitative estimate of drug-likeness (QED) is 0.863. The number of carbonyl (C=O) groups excluding carboxylic acids is 1. The predicted molar refractivity (Wildman–Crippen MR) is 75.3 cm³/mol. The van der Waals surface area contributed by atoms with Crippen LogP contribution in [0.4, 0.5) is 0 Å². The summed E-state index contributed by atoms with van der Waals surface area (Å²) in [7, 11) is 0. The molecule has 0 saturated carbocycles. The molecule has 0 unspecified atom stereocenters. The number of nitrogens with zero attached hydrogens (tertiary/aromatic N) is 1. The van der Waals surface area contributed by atoms with E-state index in [2.05, 4.69) is 31.5 Å². The lowest BCUT2D eigenvalue weighted by Crippen LogP contribution is -2.46. The monoisotopic (exact) mass is 337 g/mol. The van der Waals surface area contributed by atoms with Gasteiger partial charge in [0.2, 0.25) is 0 Å². The largest absolute Gasteiger partial charge is 0.444 e. The first-order valence-electron chi connectivity index (χ1n) is 5.72. The molecule has 0 radical (unpaired) electrons. The normalized spacial score (nSPS) is 16.1. The van der Waals surface area contributed by atoms with E-state index < -0.39 is 0 Å². The highest BCUT2D eigenvalue weighted by Gasteiger charge is 2.12. The third kappa shape index (κ3) is 4.61. The minimum absolute atomic E-state index is 0. The van der Waals surface area contributed by atoms with Crippen LogP contribution in [0.2, 0.25) is 0 Å². The molecule has 2 N–H and O–H groups in total. The summed E-state index contributed by atoms with van der Waals surface area (Å²) in [5, 5.41) is 6.14. The zero-order chi connectivity index (χ0) is 12.1. The maximum atomic E-state index is 11.6. The Labute approximate surface area is 121 Å². The van der Waals surface area contributed by atoms with Gasteiger partial charge in [-0.15, -0.1) is 12.4 Å². The van der Waals surface area contributed by atoms with Crippen LogP contribution in [0.25, 0.3) is 0 Å². The Morgan fingerprint density at radius 1 is 1.44 bits per heavy atom. The molecule has 0 atom stereocenters. The van der Waals surface area contributed by atoms with Crippen molar-refractivity contribution in [3.8, 4) is 0 Å². The zero-order valence-electron chi connectivity index (χ0n) is 9.95. The average molecular weight is 339 g/mol. The van der Waals surface area contributed by atoms with Gasteiger partial charge in [0.15, 0.2) is 10.4 Å². The van der Waals surface area contributed by atoms with E-state index in [-0.39, 0.29) is 18.3 Å². The number of furan rings is 1. The van der Waals surface area contributed by atoms with Crippen molar-refractivity contribution in [2.24, 2.45) is 0 Å². The van der Waals surface area contributed by atoms with Crippen LogP contribution < -0.4 is 10.6 Å². The fraction of sp³-hybridized carbons (Fsp3) is 0.545. The highest BCUT2D eigenvalue weighted by Crippen LogP contribution is 2.13. The molecule has 1 aliphatic heterocycles. The molecular formula is C11H17BrClN3O2. The molecule has 1 saturated heterocycles. The van der Waals surface area contributed by atoms with E-state index in [0.29, 0.717) is 17.0 Å². The molecule has 0 bridgehead atoms. The Bertz CT molecular complexity index is 380. The molecule has 1 aliphatic rings. The number of piperazine rings is 1. The SMILES string of the molecule is Cl.O=C(NCCN1CCNCC1)c1ccc(Br)o1. The maximum Gasteiger partial charge on any atom is 0.287 e. The fourth-order valence-corrected chi connectivity index (χ4v) is 2.09. The molecule has 102 valence electrons. The van der Waals surface area contributed by atoms with Gasteiger partial charge in [0.05, 0.1) is 0 Å². The number of carbonyl (C=O) groups is 1. The van der Waals surface area contributed by atoms with E-state index >= 15 is 0 Å². The summed E-state index contributed by atoms with van der Waals surface area (Å²) < 4.78 is 5.74. The Balaban J connectivity index is 0.00000162. The number of hydrogen-bond donors (Lipinski definition) is 2. The summed E-state index contributed by atoms with van der Waals surface area (Å²) in [5.41, 5.74) is 0. The van der Waals surface area contributed by atoms with Gasteiger partial charge in [-0.3, -0.25) is 9.69 Å². The van der Waals surface area contributed by atoms with Crippen molar-refractivity contribution in [1.29, 1.82) is 0 Å². The van der Waals surface area contributed by atoms with Crippen LogP contribution in [-0.2, 0) is 0 Å². The van der Waals surface area contributed by atoms with Crippen molar-refractivity contribution in [3.05, 3.63) is 22.6 Å². The molecule has 1 amide bonds. The van der Waals surface area contributed by atoms with Crippen molar-refractivity contribution < 1.29 is 9.21 Å². The molecule has 5 nitrogen and oxygen atoms in total. The summed E-state index contributed by atoms with van der Waals surface area (Å²) in [6.07, 6.45) is 0. The van der Waals surface area contributed by atoms with Gasteiger partial charge >= 0.3 is 0 Å². The van der Waals surface area contributed by atoms with E-state index in [9.17, 15) is 4.79 Å². The van der Waals surface area contributed by atoms with Crippen LogP contribution >= 0.6 is 28.3 Å². The minimum Gasteiger partial charge on any atom is -0.444 e. The van der Waals surface area contributed by atoms with Gasteiger partial charge in [-0.05, 0) is 28.1 Å². The first kappa shape index (κ1) is 15.5. The molecule has 0 aliphatic carbocycles. The van der Waals surface area contributed by atoms with Crippen LogP contribution in [0.1, 0.15) is 10.6 Å². The second-order valence-corrected chi connectivity index (χ2v) is 4.73. The van der Waals surface area contributed by atoms with Crippen molar-refractivity contribution in [1.82, 2.24) is 15.5 Å². The van der Waals surface area contributed by atoms with Gasteiger partial charge in [-0.2, -0.15) is 0 Å². The first-order valence-corrected chi connectivity index (χ1v) is 6.51. The smallest absolute Gasteiger partial charge is 0.287 e. The Morgan fingerprint density at radius 2 is 2.17 bits per heavy atom. The van der Waals surface area contributed by atoms with Gasteiger partial charge in [0.25, 0.3) is 5.91 Å². The van der Waals surface area contributed by atoms with E-state index in [1.807, 2.05) is 0 Å². The Kier molecular flexibility index (Phi) is 6.70. The predicted octanol–water partition coefficient (Wildman–Crippen LogP) is 1.10. The summed E-state index contributed by atoms with van der Waals surface area (Å²) in [6, 6.07) is 3.37. The van der Waals surface area contributed by atoms with Gasteiger partial charge in [0, 0.05) is 39.3 Å². The topological polar surface area (TPSA) is 57.5 Å². The third-order valence-corrected chi connectivity index (χ3v) is 3.15. The number of rotatable bonds is 4. The summed E-state index contributed by atoms with van der Waals surface area (Å²) in [4.78, 5) is 14.0. The Morgan fingerprint density at radius 3 is 2.78 bits per heavy atom. The molecule has 2 rings (SSSR count). The lowest BCUT2D eigenvalue weighted by atomic mass is 10.3. The van der Waals surface area contributed by atoms with Crippen LogP contribution in [0.3, 0.4) is 0 Å². The van der Waals surface area contributed by atoms with Crippen LogP contribution in [0.15, 0.2) is 21.2 Å². The maximum absolute atomic E-state index is 11.6. The van der Waals surface area contributed by atoms with E-state index in [4.69, 9.17) is 4.42 Å². The summed E-state index contributed by atoms with van der Waals surface area (Å²) in [5.74, 6) is 0.183. The lowest BCUT2D eigenvalue weighted by Gasteiger charge is -2.26. The van der Waals surface area contributed by atoms with Crippen molar-refractivity contribution >= 4 is 34.2 Å². The Hall–Kier alpha value is -0.560. The standard InChI is InChI=1S/C11H16BrN3O2.ClH/c12-10-2-1-9(17-10)11(16)14-5-8-15-6-3-13-4-7-15;/h1-2,13H,3-8H2,(H,14,16);1H. The van der Waals surface area contributed by atoms with Gasteiger partial charge in [-0.1, -0.05) is 0 Å². The first-order chi connectivity index (χ1) is 8.25. The van der Waals surface area contributed by atoms with Gasteiger partial charge in [-0.25, -0.2) is 0 Å². The summed E-state index contributed by atoms with van der Waals surface area (Å²) in [6.45, 7) is 5.68. The molecule has 1 fully saturated rings. The highest BCUT2D eigenvalue weighted by atomic mass is 79.9. The second kappa shape index (κ2) is 7.78. The zero-order valence-corrected chi connectivity index (χ0v) is 12.3. The molecular weight excluding hydrogens is 321 g/mol. The molecule has 2 heterocycles.